The third kappa shape index (κ3) is 3.02. The molecule has 3 aromatic rings. The molecule has 0 amide bonds. The minimum atomic E-state index is -0.975. The Labute approximate surface area is 148 Å². The number of hydrogen-bond donors (Lipinski definition) is 4. The van der Waals surface area contributed by atoms with Gasteiger partial charge in [-0.2, -0.15) is 0 Å². The molecule has 0 aliphatic rings. The summed E-state index contributed by atoms with van der Waals surface area (Å²) in [6.45, 7) is 5.26. The summed E-state index contributed by atoms with van der Waals surface area (Å²) in [4.78, 5) is 12.9. The Morgan fingerprint density at radius 2 is 1.85 bits per heavy atom. The molecule has 1 heterocycles. The van der Waals surface area contributed by atoms with Crippen molar-refractivity contribution in [3.8, 4) is 28.4 Å². The van der Waals surface area contributed by atoms with Gasteiger partial charge in [0, 0.05) is 18.1 Å². The van der Waals surface area contributed by atoms with Crippen molar-refractivity contribution in [3.05, 3.63) is 64.5 Å². The number of aromatic hydroxyl groups is 3. The average Bonchev–Trinajstić information content (AvgIpc) is 2.59. The van der Waals surface area contributed by atoms with E-state index in [0.717, 1.165) is 0 Å². The number of phenolic OH excluding ortho intramolecular Hbond substituents is 3. The normalized spacial score (nSPS) is 12.2. The molecule has 0 aliphatic carbocycles. The zero-order valence-corrected chi connectivity index (χ0v) is 14.1. The molecule has 4 N–H and O–H groups in total. The molecule has 1 atom stereocenters. The molecule has 134 valence electrons. The summed E-state index contributed by atoms with van der Waals surface area (Å²) in [6.07, 6.45) is 0.168. The van der Waals surface area contributed by atoms with Crippen LogP contribution in [0.3, 0.4) is 0 Å². The highest BCUT2D eigenvalue weighted by molar-refractivity contribution is 5.89. The first-order chi connectivity index (χ1) is 12.3. The molecule has 1 unspecified atom stereocenters. The lowest BCUT2D eigenvalue weighted by molar-refractivity contribution is 0.209. The molecule has 0 radical (unpaired) electrons. The number of aliphatic hydroxyl groups excluding tert-OH is 1. The highest BCUT2D eigenvalue weighted by Crippen LogP contribution is 2.36. The topological polar surface area (TPSA) is 111 Å². The molecule has 2 aromatic carbocycles. The molecule has 0 saturated heterocycles. The molecule has 6 nitrogen and oxygen atoms in total. The lowest BCUT2D eigenvalue weighted by Gasteiger charge is -2.14. The van der Waals surface area contributed by atoms with Crippen LogP contribution in [0.4, 0.5) is 0 Å². The highest BCUT2D eigenvalue weighted by atomic mass is 16.3. The summed E-state index contributed by atoms with van der Waals surface area (Å²) in [6, 6.07) is 7.21. The molecular formula is C20H18O6. The van der Waals surface area contributed by atoms with Crippen molar-refractivity contribution in [2.24, 2.45) is 0 Å². The fraction of sp³-hybridized carbons (Fsp3) is 0.150. The van der Waals surface area contributed by atoms with Gasteiger partial charge >= 0.3 is 0 Å². The lowest BCUT2D eigenvalue weighted by Crippen LogP contribution is -2.12. The molecule has 0 saturated carbocycles. The van der Waals surface area contributed by atoms with Crippen LogP contribution in [0.1, 0.15) is 12.5 Å². The van der Waals surface area contributed by atoms with Gasteiger partial charge in [-0.1, -0.05) is 24.3 Å². The highest BCUT2D eigenvalue weighted by Gasteiger charge is 2.21. The zero-order valence-electron chi connectivity index (χ0n) is 14.1. The molecular weight excluding hydrogens is 336 g/mol. The van der Waals surface area contributed by atoms with E-state index in [2.05, 4.69) is 6.58 Å². The first-order valence-electron chi connectivity index (χ1n) is 7.91. The number of hydrogen-bond acceptors (Lipinski definition) is 6. The third-order valence-corrected chi connectivity index (χ3v) is 4.27. The van der Waals surface area contributed by atoms with E-state index < -0.39 is 17.3 Å². The second-order valence-corrected chi connectivity index (χ2v) is 6.19. The van der Waals surface area contributed by atoms with E-state index in [-0.39, 0.29) is 40.0 Å². The molecule has 3 rings (SSSR count). The van der Waals surface area contributed by atoms with E-state index in [1.54, 1.807) is 19.1 Å². The van der Waals surface area contributed by atoms with Crippen molar-refractivity contribution in [2.75, 3.05) is 0 Å². The Kier molecular flexibility index (Phi) is 4.44. The summed E-state index contributed by atoms with van der Waals surface area (Å²) >= 11 is 0. The number of aliphatic hydroxyl groups is 1. The van der Waals surface area contributed by atoms with Crippen molar-refractivity contribution in [3.63, 3.8) is 0 Å². The lowest BCUT2D eigenvalue weighted by atomic mass is 9.98. The maximum atomic E-state index is 12.9. The summed E-state index contributed by atoms with van der Waals surface area (Å²) in [5.41, 5.74) is 0.762. The van der Waals surface area contributed by atoms with Crippen molar-refractivity contribution >= 4 is 11.0 Å². The quantitative estimate of drug-likeness (QED) is 0.536. The number of rotatable bonds is 4. The predicted octanol–water partition coefficient (Wildman–Crippen LogP) is 3.06. The van der Waals surface area contributed by atoms with Gasteiger partial charge in [-0.3, -0.25) is 4.79 Å². The monoisotopic (exact) mass is 354 g/mol. The first kappa shape index (κ1) is 17.6. The molecule has 0 aliphatic heterocycles. The van der Waals surface area contributed by atoms with Crippen LogP contribution in [0.2, 0.25) is 0 Å². The summed E-state index contributed by atoms with van der Waals surface area (Å²) < 4.78 is 5.41. The van der Waals surface area contributed by atoms with Gasteiger partial charge in [-0.05, 0) is 24.6 Å². The van der Waals surface area contributed by atoms with E-state index in [1.165, 1.54) is 24.5 Å². The SMILES string of the molecule is C=C(C)C(O)Cc1c(O)cc2occ(-c3ccc(O)cc3)c(=O)c2c1O. The van der Waals surface area contributed by atoms with Crippen LogP contribution < -0.4 is 5.43 Å². The largest absolute Gasteiger partial charge is 0.508 e. The minimum Gasteiger partial charge on any atom is -0.508 e. The van der Waals surface area contributed by atoms with Gasteiger partial charge in [0.1, 0.15) is 34.5 Å². The standard InChI is InChI=1S/C20H18O6/c1-10(2)15(22)7-13-16(23)8-17-18(19(13)24)20(25)14(9-26-17)11-3-5-12(21)6-4-11/h3-6,8-9,15,21-24H,1,7H2,2H3. The van der Waals surface area contributed by atoms with Gasteiger partial charge in [0.25, 0.3) is 0 Å². The number of phenols is 3. The maximum absolute atomic E-state index is 12.9. The van der Waals surface area contributed by atoms with E-state index in [9.17, 15) is 25.2 Å². The van der Waals surface area contributed by atoms with Crippen LogP contribution >= 0.6 is 0 Å². The Hall–Kier alpha value is -3.25. The Balaban J connectivity index is 2.22. The number of fused-ring (bicyclic) bond motifs is 1. The van der Waals surface area contributed by atoms with Crippen LogP contribution in [0.15, 0.2) is 58.0 Å². The molecule has 1 aromatic heterocycles. The van der Waals surface area contributed by atoms with Crippen LogP contribution in [-0.4, -0.2) is 26.5 Å². The smallest absolute Gasteiger partial charge is 0.204 e. The van der Waals surface area contributed by atoms with Crippen molar-refractivity contribution < 1.29 is 24.8 Å². The predicted molar refractivity (Wildman–Crippen MR) is 97.4 cm³/mol. The Morgan fingerprint density at radius 3 is 2.46 bits per heavy atom. The van der Waals surface area contributed by atoms with E-state index >= 15 is 0 Å². The van der Waals surface area contributed by atoms with E-state index in [0.29, 0.717) is 11.1 Å². The summed E-state index contributed by atoms with van der Waals surface area (Å²) in [5.74, 6) is -0.659. The zero-order chi connectivity index (χ0) is 19.0. The fourth-order valence-corrected chi connectivity index (χ4v) is 2.70. The maximum Gasteiger partial charge on any atom is 0.204 e. The van der Waals surface area contributed by atoms with Gasteiger partial charge in [0.05, 0.1) is 11.7 Å². The van der Waals surface area contributed by atoms with Gasteiger partial charge < -0.3 is 24.8 Å². The molecule has 26 heavy (non-hydrogen) atoms. The van der Waals surface area contributed by atoms with Crippen molar-refractivity contribution in [1.82, 2.24) is 0 Å². The van der Waals surface area contributed by atoms with Crippen molar-refractivity contribution in [1.29, 1.82) is 0 Å². The molecule has 0 fully saturated rings. The fourth-order valence-electron chi connectivity index (χ4n) is 2.70. The summed E-state index contributed by atoms with van der Waals surface area (Å²) in [5, 5.41) is 40.0. The van der Waals surface area contributed by atoms with Gasteiger partial charge in [-0.15, -0.1) is 0 Å². The minimum absolute atomic E-state index is 0.0288. The summed E-state index contributed by atoms with van der Waals surface area (Å²) in [7, 11) is 0. The van der Waals surface area contributed by atoms with E-state index in [4.69, 9.17) is 4.42 Å². The first-order valence-corrected chi connectivity index (χ1v) is 7.91. The van der Waals surface area contributed by atoms with Crippen LogP contribution in [0, 0.1) is 0 Å². The second kappa shape index (κ2) is 6.57. The van der Waals surface area contributed by atoms with Crippen LogP contribution in [0.5, 0.6) is 17.2 Å². The van der Waals surface area contributed by atoms with Gasteiger partial charge in [0.2, 0.25) is 5.43 Å². The Morgan fingerprint density at radius 1 is 1.19 bits per heavy atom. The van der Waals surface area contributed by atoms with E-state index in [1.807, 2.05) is 0 Å². The van der Waals surface area contributed by atoms with Gasteiger partial charge in [-0.25, -0.2) is 0 Å². The molecule has 0 bridgehead atoms. The molecule has 6 heteroatoms. The van der Waals surface area contributed by atoms with Crippen LogP contribution in [-0.2, 0) is 6.42 Å². The Bertz CT molecular complexity index is 1050. The van der Waals surface area contributed by atoms with Crippen molar-refractivity contribution in [2.45, 2.75) is 19.4 Å². The number of benzene rings is 2. The molecule has 0 spiro atoms. The average molecular weight is 354 g/mol. The second-order valence-electron chi connectivity index (χ2n) is 6.19. The van der Waals surface area contributed by atoms with Crippen LogP contribution in [0.25, 0.3) is 22.1 Å². The van der Waals surface area contributed by atoms with Gasteiger partial charge in [0.15, 0.2) is 0 Å². The third-order valence-electron chi connectivity index (χ3n) is 4.27.